The highest BCUT2D eigenvalue weighted by Crippen LogP contribution is 2.19. The van der Waals surface area contributed by atoms with Gasteiger partial charge in [-0.05, 0) is 20.5 Å². The fourth-order valence-corrected chi connectivity index (χ4v) is 2.58. The molecule has 6 heteroatoms. The molecule has 2 unspecified atom stereocenters. The lowest BCUT2D eigenvalue weighted by Gasteiger charge is -2.26. The Kier molecular flexibility index (Phi) is 4.55. The lowest BCUT2D eigenvalue weighted by molar-refractivity contribution is -0.132. The molecular formula is C13H22N4O2. The second-order valence-corrected chi connectivity index (χ2v) is 5.40. The van der Waals surface area contributed by atoms with Crippen LogP contribution in [0, 0.1) is 0 Å². The number of imidazole rings is 1. The maximum absolute atomic E-state index is 12.2. The quantitative estimate of drug-likeness (QED) is 0.801. The third kappa shape index (κ3) is 3.78. The van der Waals surface area contributed by atoms with Crippen molar-refractivity contribution in [1.82, 2.24) is 19.4 Å². The Bertz CT molecular complexity index is 405. The number of aryl methyl sites for hydroxylation is 1. The maximum Gasteiger partial charge on any atom is 0.224 e. The van der Waals surface area contributed by atoms with Gasteiger partial charge in [-0.15, -0.1) is 0 Å². The molecule has 2 rings (SSSR count). The van der Waals surface area contributed by atoms with Gasteiger partial charge in [0.05, 0.1) is 12.4 Å². The number of aliphatic hydroxyl groups excluding tert-OH is 1. The van der Waals surface area contributed by atoms with Crippen LogP contribution in [0.25, 0.3) is 0 Å². The van der Waals surface area contributed by atoms with Gasteiger partial charge in [0.15, 0.2) is 0 Å². The molecule has 0 aliphatic carbocycles. The van der Waals surface area contributed by atoms with Gasteiger partial charge in [-0.3, -0.25) is 4.79 Å². The number of nitrogens with zero attached hydrogens (tertiary/aromatic N) is 4. The zero-order chi connectivity index (χ0) is 13.8. The Morgan fingerprint density at radius 2 is 2.32 bits per heavy atom. The summed E-state index contributed by atoms with van der Waals surface area (Å²) in [5.74, 6) is 0.108. The molecule has 1 aromatic heterocycles. The van der Waals surface area contributed by atoms with E-state index in [1.54, 1.807) is 12.5 Å². The highest BCUT2D eigenvalue weighted by atomic mass is 16.3. The van der Waals surface area contributed by atoms with E-state index in [1.165, 1.54) is 0 Å². The van der Waals surface area contributed by atoms with Crippen molar-refractivity contribution >= 4 is 5.91 Å². The summed E-state index contributed by atoms with van der Waals surface area (Å²) in [4.78, 5) is 20.1. The number of carbonyl (C=O) groups excluding carboxylic acids is 1. The fourth-order valence-electron chi connectivity index (χ4n) is 2.58. The Hall–Kier alpha value is -1.40. The van der Waals surface area contributed by atoms with Crippen molar-refractivity contribution in [1.29, 1.82) is 0 Å². The van der Waals surface area contributed by atoms with Crippen molar-refractivity contribution in [3.05, 3.63) is 18.7 Å². The standard InChI is InChI=1S/C13H22N4O2/c1-15(2)8-11-7-12(18)9-17(11)13(19)3-5-16-6-4-14-10-16/h4,6,10-12,18H,3,5,7-9H2,1-2H3. The molecule has 0 bridgehead atoms. The lowest BCUT2D eigenvalue weighted by Crippen LogP contribution is -2.41. The molecule has 0 radical (unpaired) electrons. The second kappa shape index (κ2) is 6.16. The minimum atomic E-state index is -0.387. The summed E-state index contributed by atoms with van der Waals surface area (Å²) >= 11 is 0. The zero-order valence-corrected chi connectivity index (χ0v) is 11.6. The van der Waals surface area contributed by atoms with Crippen LogP contribution < -0.4 is 0 Å². The summed E-state index contributed by atoms with van der Waals surface area (Å²) < 4.78 is 1.89. The number of likely N-dealkylation sites (tertiary alicyclic amines) is 1. The van der Waals surface area contributed by atoms with Crippen LogP contribution in [0.15, 0.2) is 18.7 Å². The number of hydrogen-bond acceptors (Lipinski definition) is 4. The van der Waals surface area contributed by atoms with Crippen LogP contribution in [0.2, 0.25) is 0 Å². The van der Waals surface area contributed by atoms with E-state index in [0.717, 1.165) is 6.54 Å². The van der Waals surface area contributed by atoms with Crippen LogP contribution >= 0.6 is 0 Å². The van der Waals surface area contributed by atoms with E-state index in [9.17, 15) is 9.90 Å². The summed E-state index contributed by atoms with van der Waals surface area (Å²) in [6.07, 6.45) is 6.01. The minimum Gasteiger partial charge on any atom is -0.391 e. The van der Waals surface area contributed by atoms with E-state index in [1.807, 2.05) is 29.8 Å². The van der Waals surface area contributed by atoms with Gasteiger partial charge in [0.25, 0.3) is 0 Å². The first kappa shape index (κ1) is 14.0. The molecule has 1 aliphatic heterocycles. The zero-order valence-electron chi connectivity index (χ0n) is 11.6. The van der Waals surface area contributed by atoms with Crippen LogP contribution in [0.5, 0.6) is 0 Å². The Labute approximate surface area is 113 Å². The Morgan fingerprint density at radius 1 is 1.53 bits per heavy atom. The highest BCUT2D eigenvalue weighted by Gasteiger charge is 2.33. The number of β-amino-alcohol motifs (C(OH)–C–C–N with tert-alkyl or cyclic N) is 1. The molecule has 1 N–H and O–H groups in total. The molecule has 19 heavy (non-hydrogen) atoms. The second-order valence-electron chi connectivity index (χ2n) is 5.40. The smallest absolute Gasteiger partial charge is 0.224 e. The van der Waals surface area contributed by atoms with Crippen molar-refractivity contribution in [2.75, 3.05) is 27.2 Å². The summed E-state index contributed by atoms with van der Waals surface area (Å²) in [5.41, 5.74) is 0. The summed E-state index contributed by atoms with van der Waals surface area (Å²) in [6, 6.07) is 0.125. The molecule has 106 valence electrons. The SMILES string of the molecule is CN(C)CC1CC(O)CN1C(=O)CCn1ccnc1. The van der Waals surface area contributed by atoms with E-state index in [2.05, 4.69) is 9.88 Å². The molecule has 2 atom stereocenters. The Morgan fingerprint density at radius 3 is 2.95 bits per heavy atom. The summed E-state index contributed by atoms with van der Waals surface area (Å²) in [6.45, 7) is 1.90. The molecule has 1 amide bonds. The van der Waals surface area contributed by atoms with Gasteiger partial charge in [-0.25, -0.2) is 4.98 Å². The van der Waals surface area contributed by atoms with Crippen LogP contribution in [0.4, 0.5) is 0 Å². The van der Waals surface area contributed by atoms with Gasteiger partial charge in [0, 0.05) is 44.5 Å². The predicted octanol–water partition coefficient (Wildman–Crippen LogP) is -0.203. The van der Waals surface area contributed by atoms with Crippen LogP contribution in [0.1, 0.15) is 12.8 Å². The van der Waals surface area contributed by atoms with Crippen LogP contribution in [-0.2, 0) is 11.3 Å². The van der Waals surface area contributed by atoms with E-state index in [4.69, 9.17) is 0 Å². The molecule has 1 aliphatic rings. The molecule has 1 aromatic rings. The van der Waals surface area contributed by atoms with E-state index >= 15 is 0 Å². The molecule has 0 saturated carbocycles. The van der Waals surface area contributed by atoms with Crippen molar-refractivity contribution in [2.24, 2.45) is 0 Å². The molecule has 0 spiro atoms. The average molecular weight is 266 g/mol. The lowest BCUT2D eigenvalue weighted by atomic mass is 10.2. The predicted molar refractivity (Wildman–Crippen MR) is 71.5 cm³/mol. The number of amides is 1. The third-order valence-electron chi connectivity index (χ3n) is 3.43. The molecular weight excluding hydrogens is 244 g/mol. The third-order valence-corrected chi connectivity index (χ3v) is 3.43. The van der Waals surface area contributed by atoms with Crippen molar-refractivity contribution in [3.8, 4) is 0 Å². The average Bonchev–Trinajstić information content (AvgIpc) is 2.95. The first-order valence-corrected chi connectivity index (χ1v) is 6.64. The van der Waals surface area contributed by atoms with E-state index < -0.39 is 0 Å². The fraction of sp³-hybridized carbons (Fsp3) is 0.692. The number of hydrogen-bond donors (Lipinski definition) is 1. The van der Waals surface area contributed by atoms with Gasteiger partial charge in [-0.2, -0.15) is 0 Å². The Balaban J connectivity index is 1.89. The van der Waals surface area contributed by atoms with Crippen molar-refractivity contribution in [2.45, 2.75) is 31.5 Å². The largest absolute Gasteiger partial charge is 0.391 e. The first-order valence-electron chi connectivity index (χ1n) is 6.64. The summed E-state index contributed by atoms with van der Waals surface area (Å²) in [7, 11) is 3.97. The number of likely N-dealkylation sites (N-methyl/N-ethyl adjacent to an activating group) is 1. The monoisotopic (exact) mass is 266 g/mol. The summed E-state index contributed by atoms with van der Waals surface area (Å²) in [5, 5.41) is 9.76. The van der Waals surface area contributed by atoms with Gasteiger partial charge in [-0.1, -0.05) is 0 Å². The minimum absolute atomic E-state index is 0.108. The van der Waals surface area contributed by atoms with Gasteiger partial charge in [0.2, 0.25) is 5.91 Å². The topological polar surface area (TPSA) is 61.6 Å². The van der Waals surface area contributed by atoms with Gasteiger partial charge < -0.3 is 19.5 Å². The molecule has 1 saturated heterocycles. The highest BCUT2D eigenvalue weighted by molar-refractivity contribution is 5.76. The number of carbonyl (C=O) groups is 1. The normalized spacial score (nSPS) is 23.3. The van der Waals surface area contributed by atoms with Crippen molar-refractivity contribution in [3.63, 3.8) is 0 Å². The maximum atomic E-state index is 12.2. The van der Waals surface area contributed by atoms with E-state index in [0.29, 0.717) is 25.9 Å². The van der Waals surface area contributed by atoms with Gasteiger partial charge >= 0.3 is 0 Å². The molecule has 6 nitrogen and oxygen atoms in total. The van der Waals surface area contributed by atoms with Gasteiger partial charge in [0.1, 0.15) is 0 Å². The number of aliphatic hydroxyl groups is 1. The van der Waals surface area contributed by atoms with E-state index in [-0.39, 0.29) is 18.1 Å². The molecule has 2 heterocycles. The number of rotatable bonds is 5. The first-order chi connectivity index (χ1) is 9.06. The molecule has 1 fully saturated rings. The number of aromatic nitrogens is 2. The molecule has 0 aromatic carbocycles. The van der Waals surface area contributed by atoms with Crippen molar-refractivity contribution < 1.29 is 9.90 Å². The van der Waals surface area contributed by atoms with Crippen LogP contribution in [-0.4, -0.2) is 69.7 Å². The van der Waals surface area contributed by atoms with Crippen LogP contribution in [0.3, 0.4) is 0 Å².